The van der Waals surface area contributed by atoms with Crippen LogP contribution >= 0.6 is 46.3 Å². The predicted octanol–water partition coefficient (Wildman–Crippen LogP) is 5.33. The lowest BCUT2D eigenvalue weighted by Crippen LogP contribution is -2.14. The van der Waals surface area contributed by atoms with Crippen molar-refractivity contribution in [3.05, 3.63) is 52.5 Å². The predicted molar refractivity (Wildman–Crippen MR) is 112 cm³/mol. The number of amides is 1. The number of thioether (sulfide) groups is 1. The first-order valence-electron chi connectivity index (χ1n) is 7.66. The maximum absolute atomic E-state index is 12.1. The second-order valence-corrected chi connectivity index (χ2v) is 8.15. The summed E-state index contributed by atoms with van der Waals surface area (Å²) in [7, 11) is 1.61. The number of methoxy groups -OCH3 is 1. The lowest BCUT2D eigenvalue weighted by molar-refractivity contribution is -0.113. The van der Waals surface area contributed by atoms with Gasteiger partial charge in [-0.2, -0.15) is 0 Å². The summed E-state index contributed by atoms with van der Waals surface area (Å²) in [5.41, 5.74) is 1.32. The quantitative estimate of drug-likeness (QED) is 0.483. The molecule has 1 aromatic heterocycles. The molecular weight excluding hydrogens is 427 g/mol. The highest BCUT2D eigenvalue weighted by atomic mass is 35.5. The summed E-state index contributed by atoms with van der Waals surface area (Å²) in [6.07, 6.45) is 0. The molecule has 0 spiro atoms. The van der Waals surface area contributed by atoms with Crippen LogP contribution in [0.1, 0.15) is 0 Å². The van der Waals surface area contributed by atoms with E-state index in [2.05, 4.69) is 20.8 Å². The first kappa shape index (κ1) is 19.8. The van der Waals surface area contributed by atoms with Gasteiger partial charge in [-0.05, 0) is 24.3 Å². The van der Waals surface area contributed by atoms with E-state index >= 15 is 0 Å². The first-order chi connectivity index (χ1) is 13.0. The molecular formula is C17H14Cl2N4O2S2. The summed E-state index contributed by atoms with van der Waals surface area (Å²) >= 11 is 14.6. The highest BCUT2D eigenvalue weighted by Crippen LogP contribution is 2.31. The Morgan fingerprint density at radius 3 is 2.85 bits per heavy atom. The Hall–Kier alpha value is -2.00. The van der Waals surface area contributed by atoms with E-state index < -0.39 is 0 Å². The molecule has 0 saturated carbocycles. The summed E-state index contributed by atoms with van der Waals surface area (Å²) in [6, 6.07) is 12.6. The van der Waals surface area contributed by atoms with E-state index in [1.807, 2.05) is 24.3 Å². The SMILES string of the molecule is COc1cccc(Nc2nnc(SCC(=O)Nc3cccc(Cl)c3Cl)s2)c1. The van der Waals surface area contributed by atoms with E-state index in [0.717, 1.165) is 11.4 Å². The number of nitrogens with one attached hydrogen (secondary N) is 2. The average Bonchev–Trinajstić information content (AvgIpc) is 3.11. The molecule has 0 bridgehead atoms. The number of anilines is 3. The van der Waals surface area contributed by atoms with Gasteiger partial charge in [-0.1, -0.05) is 58.4 Å². The van der Waals surface area contributed by atoms with Crippen molar-refractivity contribution in [1.82, 2.24) is 10.2 Å². The second kappa shape index (κ2) is 9.27. The number of aromatic nitrogens is 2. The van der Waals surface area contributed by atoms with E-state index in [9.17, 15) is 4.79 Å². The van der Waals surface area contributed by atoms with Gasteiger partial charge in [0.25, 0.3) is 0 Å². The maximum atomic E-state index is 12.1. The Labute approximate surface area is 174 Å². The molecule has 0 aliphatic heterocycles. The molecule has 0 radical (unpaired) electrons. The van der Waals surface area contributed by atoms with Crippen molar-refractivity contribution in [1.29, 1.82) is 0 Å². The van der Waals surface area contributed by atoms with Crippen molar-refractivity contribution in [3.63, 3.8) is 0 Å². The van der Waals surface area contributed by atoms with E-state index in [1.54, 1.807) is 25.3 Å². The lowest BCUT2D eigenvalue weighted by Gasteiger charge is -2.07. The molecule has 0 fully saturated rings. The lowest BCUT2D eigenvalue weighted by atomic mass is 10.3. The van der Waals surface area contributed by atoms with Crippen LogP contribution in [-0.2, 0) is 4.79 Å². The van der Waals surface area contributed by atoms with Gasteiger partial charge in [-0.15, -0.1) is 10.2 Å². The fourth-order valence-corrected chi connectivity index (χ4v) is 3.98. The largest absolute Gasteiger partial charge is 0.497 e. The summed E-state index contributed by atoms with van der Waals surface area (Å²) < 4.78 is 5.86. The van der Waals surface area contributed by atoms with Crippen LogP contribution in [0.2, 0.25) is 10.0 Å². The third-order valence-corrected chi connectivity index (χ3v) is 6.07. The van der Waals surface area contributed by atoms with E-state index in [1.165, 1.54) is 23.1 Å². The van der Waals surface area contributed by atoms with Gasteiger partial charge in [-0.3, -0.25) is 4.79 Å². The Kier molecular flexibility index (Phi) is 6.78. The van der Waals surface area contributed by atoms with Crippen LogP contribution in [0.4, 0.5) is 16.5 Å². The molecule has 1 heterocycles. The van der Waals surface area contributed by atoms with Crippen LogP contribution in [0.3, 0.4) is 0 Å². The number of benzene rings is 2. The number of hydrogen-bond acceptors (Lipinski definition) is 7. The monoisotopic (exact) mass is 440 g/mol. The number of carbonyl (C=O) groups excluding carboxylic acids is 1. The third kappa shape index (κ3) is 5.49. The van der Waals surface area contributed by atoms with E-state index in [-0.39, 0.29) is 11.7 Å². The number of rotatable bonds is 7. The fourth-order valence-electron chi connectivity index (χ4n) is 2.06. The van der Waals surface area contributed by atoms with Gasteiger partial charge in [0.15, 0.2) is 4.34 Å². The van der Waals surface area contributed by atoms with Gasteiger partial charge in [0.2, 0.25) is 11.0 Å². The van der Waals surface area contributed by atoms with Crippen molar-refractivity contribution < 1.29 is 9.53 Å². The minimum absolute atomic E-state index is 0.177. The van der Waals surface area contributed by atoms with Gasteiger partial charge < -0.3 is 15.4 Å². The van der Waals surface area contributed by atoms with Crippen LogP contribution < -0.4 is 15.4 Å². The molecule has 0 aliphatic rings. The van der Waals surface area contributed by atoms with Crippen LogP contribution in [0.5, 0.6) is 5.75 Å². The Morgan fingerprint density at radius 1 is 1.22 bits per heavy atom. The molecule has 140 valence electrons. The fraction of sp³-hybridized carbons (Fsp3) is 0.118. The second-order valence-electron chi connectivity index (χ2n) is 5.17. The topological polar surface area (TPSA) is 76.1 Å². The molecule has 0 saturated heterocycles. The third-order valence-electron chi connectivity index (χ3n) is 3.28. The molecule has 0 aliphatic carbocycles. The van der Waals surface area contributed by atoms with Crippen LogP contribution in [0, 0.1) is 0 Å². The number of ether oxygens (including phenoxy) is 1. The number of hydrogen-bond donors (Lipinski definition) is 2. The molecule has 0 unspecified atom stereocenters. The minimum Gasteiger partial charge on any atom is -0.497 e. The van der Waals surface area contributed by atoms with Crippen molar-refractivity contribution in [3.8, 4) is 5.75 Å². The Balaban J connectivity index is 1.54. The maximum Gasteiger partial charge on any atom is 0.234 e. The molecule has 3 rings (SSSR count). The molecule has 2 aromatic carbocycles. The van der Waals surface area contributed by atoms with Gasteiger partial charge >= 0.3 is 0 Å². The normalized spacial score (nSPS) is 10.5. The van der Waals surface area contributed by atoms with Gasteiger partial charge in [0.05, 0.1) is 28.6 Å². The zero-order chi connectivity index (χ0) is 19.2. The summed E-state index contributed by atoms with van der Waals surface area (Å²) in [6.45, 7) is 0. The van der Waals surface area contributed by atoms with Crippen LogP contribution in [0.15, 0.2) is 46.8 Å². The average molecular weight is 441 g/mol. The van der Waals surface area contributed by atoms with Crippen molar-refractivity contribution in [2.75, 3.05) is 23.5 Å². The zero-order valence-corrected chi connectivity index (χ0v) is 17.2. The smallest absolute Gasteiger partial charge is 0.234 e. The Morgan fingerprint density at radius 2 is 2.04 bits per heavy atom. The summed E-state index contributed by atoms with van der Waals surface area (Å²) in [5.74, 6) is 0.716. The number of halogens is 2. The Bertz CT molecular complexity index is 952. The molecule has 6 nitrogen and oxygen atoms in total. The van der Waals surface area contributed by atoms with Gasteiger partial charge in [-0.25, -0.2) is 0 Å². The highest BCUT2D eigenvalue weighted by molar-refractivity contribution is 8.01. The molecule has 2 N–H and O–H groups in total. The molecule has 1 amide bonds. The standard InChI is InChI=1S/C17H14Cl2N4O2S2/c1-25-11-5-2-4-10(8-11)20-16-22-23-17(27-16)26-9-14(24)21-13-7-3-6-12(18)15(13)19/h2-8H,9H2,1H3,(H,20,22)(H,21,24). The summed E-state index contributed by atoms with van der Waals surface area (Å²) in [5, 5.41) is 15.4. The molecule has 10 heteroatoms. The molecule has 27 heavy (non-hydrogen) atoms. The van der Waals surface area contributed by atoms with Crippen LogP contribution in [0.25, 0.3) is 0 Å². The number of carbonyl (C=O) groups is 1. The van der Waals surface area contributed by atoms with Gasteiger partial charge in [0.1, 0.15) is 5.75 Å². The van der Waals surface area contributed by atoms with Gasteiger partial charge in [0, 0.05) is 11.8 Å². The van der Waals surface area contributed by atoms with E-state index in [0.29, 0.717) is 25.2 Å². The number of nitrogens with zero attached hydrogens (tertiary/aromatic N) is 2. The first-order valence-corrected chi connectivity index (χ1v) is 10.2. The summed E-state index contributed by atoms with van der Waals surface area (Å²) in [4.78, 5) is 12.1. The highest BCUT2D eigenvalue weighted by Gasteiger charge is 2.11. The van der Waals surface area contributed by atoms with Crippen molar-refractivity contribution >= 4 is 68.7 Å². The minimum atomic E-state index is -0.207. The molecule has 3 aromatic rings. The van der Waals surface area contributed by atoms with Crippen molar-refractivity contribution in [2.45, 2.75) is 4.34 Å². The van der Waals surface area contributed by atoms with Crippen molar-refractivity contribution in [2.24, 2.45) is 0 Å². The zero-order valence-electron chi connectivity index (χ0n) is 14.0. The van der Waals surface area contributed by atoms with Crippen LogP contribution in [-0.4, -0.2) is 29.0 Å². The molecule has 0 atom stereocenters. The van der Waals surface area contributed by atoms with E-state index in [4.69, 9.17) is 27.9 Å².